The first kappa shape index (κ1) is 15.4. The smallest absolute Gasteiger partial charge is 0.202 e. The highest BCUT2D eigenvalue weighted by Crippen LogP contribution is 2.42. The van der Waals surface area contributed by atoms with Crippen LogP contribution in [0.4, 0.5) is 0 Å². The van der Waals surface area contributed by atoms with Crippen LogP contribution in [0, 0.1) is 0 Å². The van der Waals surface area contributed by atoms with Crippen LogP contribution in [0.25, 0.3) is 11.3 Å². The predicted molar refractivity (Wildman–Crippen MR) is 97.5 cm³/mol. The molecule has 0 saturated carbocycles. The van der Waals surface area contributed by atoms with Crippen LogP contribution >= 0.6 is 0 Å². The van der Waals surface area contributed by atoms with E-state index < -0.39 is 0 Å². The van der Waals surface area contributed by atoms with Crippen molar-refractivity contribution in [3.63, 3.8) is 0 Å². The lowest BCUT2D eigenvalue weighted by Crippen LogP contribution is -2.00. The van der Waals surface area contributed by atoms with E-state index in [1.54, 1.807) is 7.11 Å². The normalized spacial score (nSPS) is 13.2. The summed E-state index contributed by atoms with van der Waals surface area (Å²) in [6.07, 6.45) is 3.26. The zero-order valence-corrected chi connectivity index (χ0v) is 13.9. The molecule has 0 aliphatic heterocycles. The molecular formula is C21H19NO3. The van der Waals surface area contributed by atoms with Crippen LogP contribution in [-0.4, -0.2) is 21.9 Å². The molecule has 25 heavy (non-hydrogen) atoms. The summed E-state index contributed by atoms with van der Waals surface area (Å²) in [5.41, 5.74) is 4.49. The molecule has 1 aromatic heterocycles. The van der Waals surface area contributed by atoms with Crippen LogP contribution in [0.3, 0.4) is 0 Å². The summed E-state index contributed by atoms with van der Waals surface area (Å²) in [6.45, 7) is 0. The summed E-state index contributed by atoms with van der Waals surface area (Å²) in [6, 6.07) is 17.3. The Hall–Kier alpha value is -3.14. The van der Waals surface area contributed by atoms with Crippen LogP contribution in [-0.2, 0) is 12.8 Å². The largest absolute Gasteiger partial charge is 0.497 e. The van der Waals surface area contributed by atoms with E-state index in [1.165, 1.54) is 4.57 Å². The lowest BCUT2D eigenvalue weighted by Gasteiger charge is -2.15. The summed E-state index contributed by atoms with van der Waals surface area (Å²) in [4.78, 5) is 0. The van der Waals surface area contributed by atoms with E-state index in [1.807, 2.05) is 54.6 Å². The average molecular weight is 333 g/mol. The zero-order chi connectivity index (χ0) is 17.4. The molecule has 4 heteroatoms. The zero-order valence-electron chi connectivity index (χ0n) is 13.9. The minimum Gasteiger partial charge on any atom is -0.497 e. The fraction of sp³-hybridized carbons (Fsp3) is 0.143. The van der Waals surface area contributed by atoms with Gasteiger partial charge in [-0.2, -0.15) is 0 Å². The lowest BCUT2D eigenvalue weighted by atomic mass is 9.90. The number of nitrogens with zero attached hydrogens (tertiary/aromatic N) is 1. The Balaban J connectivity index is 1.74. The van der Waals surface area contributed by atoms with Gasteiger partial charge in [0.2, 0.25) is 11.8 Å². The molecule has 1 heterocycles. The van der Waals surface area contributed by atoms with Crippen molar-refractivity contribution in [2.75, 3.05) is 7.11 Å². The topological polar surface area (TPSA) is 54.6 Å². The molecule has 3 aromatic rings. The van der Waals surface area contributed by atoms with Gasteiger partial charge in [0, 0.05) is 17.5 Å². The van der Waals surface area contributed by atoms with Crippen molar-refractivity contribution < 1.29 is 14.9 Å². The number of fused-ring (bicyclic) bond motifs is 1. The van der Waals surface area contributed by atoms with Gasteiger partial charge in [0.05, 0.1) is 12.8 Å². The van der Waals surface area contributed by atoms with Crippen molar-refractivity contribution >= 4 is 5.57 Å². The predicted octanol–water partition coefficient (Wildman–Crippen LogP) is 4.08. The third-order valence-electron chi connectivity index (χ3n) is 4.70. The number of aromatic nitrogens is 1. The second-order valence-electron chi connectivity index (χ2n) is 6.12. The molecule has 4 nitrogen and oxygen atoms in total. The molecule has 0 amide bonds. The molecule has 0 atom stereocenters. The number of aromatic hydroxyl groups is 2. The van der Waals surface area contributed by atoms with Crippen molar-refractivity contribution in [2.45, 2.75) is 12.8 Å². The average Bonchev–Trinajstić information content (AvgIpc) is 2.92. The standard InChI is InChI=1S/C21H19NO3/c1-25-17-9-5-6-14(12-17)15-10-11-18-19(13-15)21(24)22(20(18)23)16-7-3-2-4-8-16/h2-10,12,23-24H,11,13H2,1H3. The third-order valence-corrected chi connectivity index (χ3v) is 4.70. The van der Waals surface area contributed by atoms with E-state index in [4.69, 9.17) is 4.74 Å². The SMILES string of the molecule is COc1cccc(C2=CCc3c(c(O)n(-c4ccccc4)c3O)C2)c1. The molecule has 2 N–H and O–H groups in total. The number of allylic oxidation sites excluding steroid dienone is 2. The molecule has 4 rings (SSSR count). The number of methoxy groups -OCH3 is 1. The molecule has 0 saturated heterocycles. The molecular weight excluding hydrogens is 314 g/mol. The number of ether oxygens (including phenoxy) is 1. The third kappa shape index (κ3) is 2.56. The van der Waals surface area contributed by atoms with Crippen LogP contribution < -0.4 is 4.74 Å². The second kappa shape index (κ2) is 6.06. The minimum atomic E-state index is 0.104. The number of para-hydroxylation sites is 1. The summed E-state index contributed by atoms with van der Waals surface area (Å²) >= 11 is 0. The first-order valence-corrected chi connectivity index (χ1v) is 8.22. The van der Waals surface area contributed by atoms with Crippen LogP contribution in [0.1, 0.15) is 16.7 Å². The van der Waals surface area contributed by atoms with Crippen molar-refractivity contribution in [1.82, 2.24) is 4.57 Å². The van der Waals surface area contributed by atoms with Gasteiger partial charge in [-0.25, -0.2) is 0 Å². The van der Waals surface area contributed by atoms with Gasteiger partial charge < -0.3 is 14.9 Å². The maximum absolute atomic E-state index is 10.7. The Morgan fingerprint density at radius 2 is 1.68 bits per heavy atom. The Labute approximate surface area is 146 Å². The van der Waals surface area contributed by atoms with E-state index >= 15 is 0 Å². The number of hydrogen-bond acceptors (Lipinski definition) is 3. The van der Waals surface area contributed by atoms with Gasteiger partial charge in [-0.3, -0.25) is 4.57 Å². The van der Waals surface area contributed by atoms with Crippen molar-refractivity contribution in [3.8, 4) is 23.2 Å². The Kier molecular flexibility index (Phi) is 3.73. The van der Waals surface area contributed by atoms with Gasteiger partial charge in [-0.1, -0.05) is 36.4 Å². The number of hydrogen-bond donors (Lipinski definition) is 2. The van der Waals surface area contributed by atoms with Gasteiger partial charge in [0.15, 0.2) is 0 Å². The van der Waals surface area contributed by atoms with Gasteiger partial charge in [0.1, 0.15) is 5.75 Å². The van der Waals surface area contributed by atoms with Gasteiger partial charge in [0.25, 0.3) is 0 Å². The van der Waals surface area contributed by atoms with Crippen LogP contribution in [0.15, 0.2) is 60.7 Å². The highest BCUT2D eigenvalue weighted by molar-refractivity contribution is 5.74. The van der Waals surface area contributed by atoms with Crippen molar-refractivity contribution in [2.24, 2.45) is 0 Å². The van der Waals surface area contributed by atoms with Gasteiger partial charge >= 0.3 is 0 Å². The quantitative estimate of drug-likeness (QED) is 0.759. The Bertz CT molecular complexity index is 955. The molecule has 0 bridgehead atoms. The van der Waals surface area contributed by atoms with Crippen molar-refractivity contribution in [1.29, 1.82) is 0 Å². The second-order valence-corrected chi connectivity index (χ2v) is 6.12. The maximum atomic E-state index is 10.7. The summed E-state index contributed by atoms with van der Waals surface area (Å²) < 4.78 is 6.81. The summed E-state index contributed by atoms with van der Waals surface area (Å²) in [5, 5.41) is 21.3. The number of benzene rings is 2. The van der Waals surface area contributed by atoms with Gasteiger partial charge in [-0.15, -0.1) is 0 Å². The first-order valence-electron chi connectivity index (χ1n) is 8.22. The van der Waals surface area contributed by atoms with E-state index in [-0.39, 0.29) is 11.8 Å². The highest BCUT2D eigenvalue weighted by atomic mass is 16.5. The molecule has 2 aromatic carbocycles. The highest BCUT2D eigenvalue weighted by Gasteiger charge is 2.26. The molecule has 0 unspecified atom stereocenters. The maximum Gasteiger partial charge on any atom is 0.202 e. The molecule has 0 spiro atoms. The van der Waals surface area contributed by atoms with Crippen LogP contribution in [0.2, 0.25) is 0 Å². The fourth-order valence-electron chi connectivity index (χ4n) is 3.39. The van der Waals surface area contributed by atoms with Crippen molar-refractivity contribution in [3.05, 3.63) is 77.4 Å². The first-order chi connectivity index (χ1) is 12.2. The van der Waals surface area contributed by atoms with E-state index in [9.17, 15) is 10.2 Å². The molecule has 1 aliphatic carbocycles. The lowest BCUT2D eigenvalue weighted by molar-refractivity contribution is 0.400. The molecule has 126 valence electrons. The molecule has 0 fully saturated rings. The summed E-state index contributed by atoms with van der Waals surface area (Å²) in [5.74, 6) is 1.02. The Morgan fingerprint density at radius 1 is 0.920 bits per heavy atom. The van der Waals surface area contributed by atoms with Gasteiger partial charge in [-0.05, 0) is 41.8 Å². The molecule has 0 radical (unpaired) electrons. The Morgan fingerprint density at radius 3 is 2.44 bits per heavy atom. The number of rotatable bonds is 3. The van der Waals surface area contributed by atoms with E-state index in [2.05, 4.69) is 6.08 Å². The van der Waals surface area contributed by atoms with Crippen LogP contribution in [0.5, 0.6) is 17.5 Å². The summed E-state index contributed by atoms with van der Waals surface area (Å²) in [7, 11) is 1.65. The van der Waals surface area contributed by atoms with E-state index in [0.717, 1.165) is 33.7 Å². The monoisotopic (exact) mass is 333 g/mol. The fourth-order valence-corrected chi connectivity index (χ4v) is 3.39. The van der Waals surface area contributed by atoms with E-state index in [0.29, 0.717) is 12.8 Å². The molecule has 1 aliphatic rings. The minimum absolute atomic E-state index is 0.104.